The van der Waals surface area contributed by atoms with E-state index in [4.69, 9.17) is 14.9 Å². The summed E-state index contributed by atoms with van der Waals surface area (Å²) >= 11 is 0. The third-order valence-corrected chi connectivity index (χ3v) is 3.88. The summed E-state index contributed by atoms with van der Waals surface area (Å²) in [5, 5.41) is 0.197. The van der Waals surface area contributed by atoms with Gasteiger partial charge >= 0.3 is 29.6 Å². The minimum Gasteiger partial charge on any atom is -0.716 e. The molecule has 0 unspecified atom stereocenters. The normalized spacial score (nSPS) is 11.0. The van der Waals surface area contributed by atoms with E-state index >= 15 is 0 Å². The van der Waals surface area contributed by atoms with Crippen molar-refractivity contribution in [2.45, 2.75) is 0 Å². The smallest absolute Gasteiger partial charge is 0.716 e. The Morgan fingerprint density at radius 2 is 1.88 bits per heavy atom. The van der Waals surface area contributed by atoms with Crippen LogP contribution >= 0.6 is 0 Å². The molecule has 0 bridgehead atoms. The van der Waals surface area contributed by atoms with Crippen molar-refractivity contribution in [1.29, 1.82) is 0 Å². The Morgan fingerprint density at radius 3 is 2.50 bits per heavy atom. The van der Waals surface area contributed by atoms with E-state index in [1.54, 1.807) is 18.2 Å². The van der Waals surface area contributed by atoms with Crippen LogP contribution in [0.2, 0.25) is 0 Å². The quantitative estimate of drug-likeness (QED) is 0.259. The fourth-order valence-electron chi connectivity index (χ4n) is 2.38. The topological polar surface area (TPSA) is 132 Å². The molecule has 0 fully saturated rings. The number of methoxy groups -OCH3 is 1. The average Bonchev–Trinajstić information content (AvgIpc) is 2.53. The van der Waals surface area contributed by atoms with Crippen LogP contribution in [0.4, 0.5) is 5.69 Å². The standard InChI is InChI=1S/C16H13NO7S.Na/c1-22-14-5-2-9(6-13(14)17)12-8-23-15-7-10(24-25(19,20)21)3-4-11(15)16(12)18;/h2-8H,17H2,1H3,(H,19,20,21);/q;+1/p-1. The number of hydrogen-bond donors (Lipinski definition) is 1. The summed E-state index contributed by atoms with van der Waals surface area (Å²) in [6, 6.07) is 8.54. The number of rotatable bonds is 4. The number of fused-ring (bicyclic) bond motifs is 1. The largest absolute Gasteiger partial charge is 1.00 e. The van der Waals surface area contributed by atoms with Crippen molar-refractivity contribution in [3.05, 3.63) is 52.9 Å². The second-order valence-corrected chi connectivity index (χ2v) is 6.07. The van der Waals surface area contributed by atoms with Crippen molar-refractivity contribution in [2.75, 3.05) is 12.8 Å². The Bertz CT molecular complexity index is 1130. The number of nitrogen functional groups attached to an aromatic ring is 1. The van der Waals surface area contributed by atoms with Gasteiger partial charge in [0.2, 0.25) is 0 Å². The van der Waals surface area contributed by atoms with Gasteiger partial charge in [0.25, 0.3) is 10.4 Å². The van der Waals surface area contributed by atoms with Crippen molar-refractivity contribution in [2.24, 2.45) is 0 Å². The molecule has 0 spiro atoms. The minimum atomic E-state index is -4.91. The molecule has 0 saturated heterocycles. The second-order valence-electron chi connectivity index (χ2n) is 5.08. The van der Waals surface area contributed by atoms with Gasteiger partial charge < -0.3 is 23.6 Å². The zero-order valence-corrected chi connectivity index (χ0v) is 16.7. The fourth-order valence-corrected chi connectivity index (χ4v) is 2.72. The SMILES string of the molecule is COc1ccc(-c2coc3cc(OS(=O)(=O)[O-])ccc3c2=O)cc1N.[Na+]. The molecule has 0 aliphatic carbocycles. The van der Waals surface area contributed by atoms with Gasteiger partial charge in [-0.15, -0.1) is 0 Å². The van der Waals surface area contributed by atoms with Gasteiger partial charge in [0, 0.05) is 6.07 Å². The van der Waals surface area contributed by atoms with Crippen LogP contribution < -0.4 is 49.6 Å². The molecule has 0 aliphatic rings. The zero-order chi connectivity index (χ0) is 18.2. The third-order valence-electron chi connectivity index (χ3n) is 3.49. The van der Waals surface area contributed by atoms with Crippen LogP contribution in [0, 0.1) is 0 Å². The Hall–Kier alpha value is -2.04. The van der Waals surface area contributed by atoms with Gasteiger partial charge in [-0.05, 0) is 29.8 Å². The maximum Gasteiger partial charge on any atom is 1.00 e. The fraction of sp³-hybridized carbons (Fsp3) is 0.0625. The van der Waals surface area contributed by atoms with Gasteiger partial charge in [-0.3, -0.25) is 4.79 Å². The molecule has 1 aromatic heterocycles. The van der Waals surface area contributed by atoms with E-state index in [1.165, 1.54) is 25.5 Å². The number of ether oxygens (including phenoxy) is 1. The second kappa shape index (κ2) is 7.68. The number of nitrogens with two attached hydrogens (primary N) is 1. The van der Waals surface area contributed by atoms with E-state index in [2.05, 4.69) is 4.18 Å². The van der Waals surface area contributed by atoms with Crippen LogP contribution in [-0.2, 0) is 10.4 Å². The molecular formula is C16H12NNaO7S. The van der Waals surface area contributed by atoms with Crippen LogP contribution in [0.15, 0.2) is 51.9 Å². The Morgan fingerprint density at radius 1 is 1.15 bits per heavy atom. The van der Waals surface area contributed by atoms with Gasteiger partial charge in [0.05, 0.1) is 23.7 Å². The van der Waals surface area contributed by atoms with Gasteiger partial charge in [-0.1, -0.05) is 6.07 Å². The van der Waals surface area contributed by atoms with Crippen molar-refractivity contribution >= 4 is 27.1 Å². The Labute approximate surface area is 170 Å². The van der Waals surface area contributed by atoms with E-state index in [1.807, 2.05) is 0 Å². The predicted octanol–water partition coefficient (Wildman–Crippen LogP) is -1.11. The monoisotopic (exact) mass is 385 g/mol. The third kappa shape index (κ3) is 4.19. The molecule has 2 aromatic carbocycles. The van der Waals surface area contributed by atoms with Crippen LogP contribution in [0.3, 0.4) is 0 Å². The van der Waals surface area contributed by atoms with Crippen LogP contribution in [0.25, 0.3) is 22.1 Å². The molecule has 1 heterocycles. The first-order valence-electron chi connectivity index (χ1n) is 6.93. The molecule has 26 heavy (non-hydrogen) atoms. The molecule has 130 valence electrons. The molecule has 0 atom stereocenters. The molecule has 0 amide bonds. The van der Waals surface area contributed by atoms with Gasteiger partial charge in [-0.25, -0.2) is 8.42 Å². The van der Waals surface area contributed by atoms with Crippen molar-refractivity contribution < 1.29 is 55.9 Å². The first kappa shape index (κ1) is 20.3. The van der Waals surface area contributed by atoms with E-state index in [-0.39, 0.29) is 57.3 Å². The summed E-state index contributed by atoms with van der Waals surface area (Å²) in [5.74, 6) is 0.238. The van der Waals surface area contributed by atoms with Gasteiger partial charge in [0.1, 0.15) is 23.3 Å². The Kier molecular flexibility index (Phi) is 5.99. The summed E-state index contributed by atoms with van der Waals surface area (Å²) in [4.78, 5) is 12.6. The Balaban J connectivity index is 0.00000243. The predicted molar refractivity (Wildman–Crippen MR) is 89.2 cm³/mol. The zero-order valence-electron chi connectivity index (χ0n) is 13.9. The molecule has 3 rings (SSSR count). The molecule has 2 N–H and O–H groups in total. The van der Waals surface area contributed by atoms with Gasteiger partial charge in [-0.2, -0.15) is 0 Å². The molecule has 0 aliphatic heterocycles. The van der Waals surface area contributed by atoms with E-state index < -0.39 is 10.4 Å². The molecule has 10 heteroatoms. The summed E-state index contributed by atoms with van der Waals surface area (Å²) in [6.45, 7) is 0. The molecular weight excluding hydrogens is 373 g/mol. The van der Waals surface area contributed by atoms with Crippen LogP contribution in [-0.4, -0.2) is 20.1 Å². The number of anilines is 1. The van der Waals surface area contributed by atoms with E-state index in [0.717, 1.165) is 6.07 Å². The van der Waals surface area contributed by atoms with E-state index in [0.29, 0.717) is 17.0 Å². The summed E-state index contributed by atoms with van der Waals surface area (Å²) in [6.07, 6.45) is 1.22. The maximum atomic E-state index is 12.6. The summed E-state index contributed by atoms with van der Waals surface area (Å²) in [5.41, 5.74) is 6.76. The number of hydrogen-bond acceptors (Lipinski definition) is 8. The molecule has 3 aromatic rings. The molecule has 0 radical (unpaired) electrons. The summed E-state index contributed by atoms with van der Waals surface area (Å²) < 4.78 is 46.6. The first-order chi connectivity index (χ1) is 11.8. The van der Waals surface area contributed by atoms with Crippen molar-refractivity contribution in [1.82, 2.24) is 0 Å². The molecule has 8 nitrogen and oxygen atoms in total. The van der Waals surface area contributed by atoms with Gasteiger partial charge in [0.15, 0.2) is 5.43 Å². The van der Waals surface area contributed by atoms with E-state index in [9.17, 15) is 17.8 Å². The first-order valence-corrected chi connectivity index (χ1v) is 8.26. The molecule has 0 saturated carbocycles. The summed E-state index contributed by atoms with van der Waals surface area (Å²) in [7, 11) is -3.43. The van der Waals surface area contributed by atoms with Crippen molar-refractivity contribution in [3.63, 3.8) is 0 Å². The average molecular weight is 385 g/mol. The maximum absolute atomic E-state index is 12.6. The van der Waals surface area contributed by atoms with Crippen molar-refractivity contribution in [3.8, 4) is 22.6 Å². The number of benzene rings is 2. The van der Waals surface area contributed by atoms with Crippen LogP contribution in [0.5, 0.6) is 11.5 Å². The minimum absolute atomic E-state index is 0. The van der Waals surface area contributed by atoms with Crippen LogP contribution in [0.1, 0.15) is 0 Å².